The number of carbonyl (C=O) groups is 1. The molecule has 1 rings (SSSR count). The first-order valence-corrected chi connectivity index (χ1v) is 8.94. The average molecular weight is 333 g/mol. The second kappa shape index (κ2) is 7.13. The van der Waals surface area contributed by atoms with Crippen molar-refractivity contribution in [1.82, 2.24) is 5.32 Å². The normalized spacial score (nSPS) is 14.3. The van der Waals surface area contributed by atoms with Crippen LogP contribution in [0.25, 0.3) is 0 Å². The first-order chi connectivity index (χ1) is 9.66. The van der Waals surface area contributed by atoms with Gasteiger partial charge in [-0.15, -0.1) is 0 Å². The standard InChI is InChI=1S/C14H21ClN2O3S/c1-5-10(2)16-14(18)11(3)17(21(4,19)20)13-8-6-12(15)7-9-13/h6-11H,5H2,1-4H3,(H,16,18). The Kier molecular flexibility index (Phi) is 6.04. The van der Waals surface area contributed by atoms with Crippen molar-refractivity contribution in [3.8, 4) is 0 Å². The van der Waals surface area contributed by atoms with E-state index >= 15 is 0 Å². The number of carbonyl (C=O) groups excluding carboxylic acids is 1. The minimum atomic E-state index is -3.59. The van der Waals surface area contributed by atoms with E-state index in [1.807, 2.05) is 13.8 Å². The molecule has 0 bridgehead atoms. The number of benzene rings is 1. The van der Waals surface area contributed by atoms with E-state index in [1.165, 1.54) is 0 Å². The summed E-state index contributed by atoms with van der Waals surface area (Å²) in [5.41, 5.74) is 0.411. The Balaban J connectivity index is 3.09. The number of rotatable bonds is 6. The van der Waals surface area contributed by atoms with Gasteiger partial charge in [0.15, 0.2) is 0 Å². The summed E-state index contributed by atoms with van der Waals surface area (Å²) in [6.45, 7) is 5.38. The minimum Gasteiger partial charge on any atom is -0.352 e. The van der Waals surface area contributed by atoms with Gasteiger partial charge in [0, 0.05) is 11.1 Å². The highest BCUT2D eigenvalue weighted by atomic mass is 35.5. The number of amides is 1. The van der Waals surface area contributed by atoms with Crippen molar-refractivity contribution in [2.24, 2.45) is 0 Å². The molecule has 0 aliphatic heterocycles. The van der Waals surface area contributed by atoms with E-state index in [0.29, 0.717) is 10.7 Å². The van der Waals surface area contributed by atoms with Gasteiger partial charge >= 0.3 is 0 Å². The van der Waals surface area contributed by atoms with Crippen molar-refractivity contribution in [2.75, 3.05) is 10.6 Å². The molecule has 1 aromatic rings. The predicted octanol–water partition coefficient (Wildman–Crippen LogP) is 2.41. The molecule has 1 aromatic carbocycles. The van der Waals surface area contributed by atoms with Crippen LogP contribution in [-0.2, 0) is 14.8 Å². The predicted molar refractivity (Wildman–Crippen MR) is 86.1 cm³/mol. The highest BCUT2D eigenvalue weighted by Crippen LogP contribution is 2.23. The Morgan fingerprint density at radius 1 is 1.29 bits per heavy atom. The number of nitrogens with zero attached hydrogens (tertiary/aromatic N) is 1. The van der Waals surface area contributed by atoms with Crippen LogP contribution in [0.3, 0.4) is 0 Å². The molecule has 0 fully saturated rings. The fourth-order valence-corrected chi connectivity index (χ4v) is 3.16. The topological polar surface area (TPSA) is 66.5 Å². The van der Waals surface area contributed by atoms with Crippen molar-refractivity contribution in [3.05, 3.63) is 29.3 Å². The molecule has 1 amide bonds. The maximum Gasteiger partial charge on any atom is 0.243 e. The van der Waals surface area contributed by atoms with Crippen molar-refractivity contribution in [1.29, 1.82) is 0 Å². The molecule has 2 atom stereocenters. The molecular weight excluding hydrogens is 312 g/mol. The van der Waals surface area contributed by atoms with Gasteiger partial charge < -0.3 is 5.32 Å². The molecule has 21 heavy (non-hydrogen) atoms. The molecule has 0 saturated heterocycles. The Morgan fingerprint density at radius 3 is 2.24 bits per heavy atom. The van der Waals surface area contributed by atoms with Crippen LogP contribution < -0.4 is 9.62 Å². The second-order valence-electron chi connectivity index (χ2n) is 5.03. The number of nitrogens with one attached hydrogen (secondary N) is 1. The molecule has 0 aliphatic rings. The summed E-state index contributed by atoms with van der Waals surface area (Å²) < 4.78 is 25.2. The molecule has 0 heterocycles. The van der Waals surface area contributed by atoms with Gasteiger partial charge in [0.2, 0.25) is 15.9 Å². The van der Waals surface area contributed by atoms with Crippen molar-refractivity contribution in [2.45, 2.75) is 39.3 Å². The SMILES string of the molecule is CCC(C)NC(=O)C(C)N(c1ccc(Cl)cc1)S(C)(=O)=O. The van der Waals surface area contributed by atoms with Gasteiger partial charge in [-0.2, -0.15) is 0 Å². The molecule has 0 aliphatic carbocycles. The highest BCUT2D eigenvalue weighted by molar-refractivity contribution is 7.92. The summed E-state index contributed by atoms with van der Waals surface area (Å²) in [4.78, 5) is 12.2. The van der Waals surface area contributed by atoms with Crippen LogP contribution in [0.2, 0.25) is 5.02 Å². The van der Waals surface area contributed by atoms with Crippen LogP contribution in [0, 0.1) is 0 Å². The van der Waals surface area contributed by atoms with Crippen LogP contribution >= 0.6 is 11.6 Å². The lowest BCUT2D eigenvalue weighted by Crippen LogP contribution is -2.49. The molecular formula is C14H21ClN2O3S. The zero-order valence-electron chi connectivity index (χ0n) is 12.6. The first-order valence-electron chi connectivity index (χ1n) is 6.72. The maximum atomic E-state index is 12.2. The highest BCUT2D eigenvalue weighted by Gasteiger charge is 2.29. The molecule has 0 spiro atoms. The summed E-state index contributed by atoms with van der Waals surface area (Å²) in [6.07, 6.45) is 1.85. The Morgan fingerprint density at radius 2 is 1.81 bits per heavy atom. The Labute approximate surface area is 131 Å². The summed E-state index contributed by atoms with van der Waals surface area (Å²) in [6, 6.07) is 5.50. The van der Waals surface area contributed by atoms with Crippen LogP contribution in [0.5, 0.6) is 0 Å². The van der Waals surface area contributed by atoms with E-state index in [4.69, 9.17) is 11.6 Å². The summed E-state index contributed by atoms with van der Waals surface area (Å²) in [5.74, 6) is -0.329. The van der Waals surface area contributed by atoms with E-state index in [1.54, 1.807) is 31.2 Å². The van der Waals surface area contributed by atoms with Crippen LogP contribution in [0.1, 0.15) is 27.2 Å². The Hall–Kier alpha value is -1.27. The first kappa shape index (κ1) is 17.8. The summed E-state index contributed by atoms with van der Waals surface area (Å²) in [5, 5.41) is 3.30. The molecule has 118 valence electrons. The molecule has 0 radical (unpaired) electrons. The lowest BCUT2D eigenvalue weighted by Gasteiger charge is -2.29. The monoisotopic (exact) mass is 332 g/mol. The lowest BCUT2D eigenvalue weighted by atomic mass is 10.2. The number of anilines is 1. The fourth-order valence-electron chi connectivity index (χ4n) is 1.86. The fraction of sp³-hybridized carbons (Fsp3) is 0.500. The van der Waals surface area contributed by atoms with Gasteiger partial charge in [0.1, 0.15) is 6.04 Å². The van der Waals surface area contributed by atoms with Crippen molar-refractivity contribution in [3.63, 3.8) is 0 Å². The van der Waals surface area contributed by atoms with Crippen LogP contribution in [0.4, 0.5) is 5.69 Å². The third-order valence-electron chi connectivity index (χ3n) is 3.17. The third-order valence-corrected chi connectivity index (χ3v) is 4.66. The quantitative estimate of drug-likeness (QED) is 0.870. The third kappa shape index (κ3) is 4.89. The molecule has 0 aromatic heterocycles. The van der Waals surface area contributed by atoms with Gasteiger partial charge in [-0.05, 0) is 44.5 Å². The summed E-state index contributed by atoms with van der Waals surface area (Å²) in [7, 11) is -3.59. The molecule has 7 heteroatoms. The zero-order valence-corrected chi connectivity index (χ0v) is 14.2. The summed E-state index contributed by atoms with van der Waals surface area (Å²) >= 11 is 5.81. The van der Waals surface area contributed by atoms with E-state index in [-0.39, 0.29) is 11.9 Å². The van der Waals surface area contributed by atoms with Gasteiger partial charge in [-0.25, -0.2) is 8.42 Å². The van der Waals surface area contributed by atoms with E-state index in [2.05, 4.69) is 5.32 Å². The van der Waals surface area contributed by atoms with Crippen LogP contribution in [0.15, 0.2) is 24.3 Å². The second-order valence-corrected chi connectivity index (χ2v) is 7.32. The van der Waals surface area contributed by atoms with Gasteiger partial charge in [0.05, 0.1) is 11.9 Å². The molecule has 1 N–H and O–H groups in total. The van der Waals surface area contributed by atoms with E-state index < -0.39 is 16.1 Å². The zero-order chi connectivity index (χ0) is 16.2. The van der Waals surface area contributed by atoms with E-state index in [0.717, 1.165) is 17.0 Å². The smallest absolute Gasteiger partial charge is 0.243 e. The molecule has 2 unspecified atom stereocenters. The number of hydrogen-bond donors (Lipinski definition) is 1. The Bertz CT molecular complexity index is 587. The largest absolute Gasteiger partial charge is 0.352 e. The van der Waals surface area contributed by atoms with Crippen LogP contribution in [-0.4, -0.2) is 32.7 Å². The minimum absolute atomic E-state index is 0.00780. The average Bonchev–Trinajstić information content (AvgIpc) is 2.39. The number of sulfonamides is 1. The molecule has 0 saturated carbocycles. The van der Waals surface area contributed by atoms with E-state index in [9.17, 15) is 13.2 Å². The van der Waals surface area contributed by atoms with Gasteiger partial charge in [0.25, 0.3) is 0 Å². The van der Waals surface area contributed by atoms with Gasteiger partial charge in [-0.1, -0.05) is 18.5 Å². The molecule has 5 nitrogen and oxygen atoms in total. The number of halogens is 1. The lowest BCUT2D eigenvalue weighted by molar-refractivity contribution is -0.122. The van der Waals surface area contributed by atoms with Crippen molar-refractivity contribution < 1.29 is 13.2 Å². The van der Waals surface area contributed by atoms with Gasteiger partial charge in [-0.3, -0.25) is 9.10 Å². The number of hydrogen-bond acceptors (Lipinski definition) is 3. The van der Waals surface area contributed by atoms with Crippen molar-refractivity contribution >= 4 is 33.2 Å². The maximum absolute atomic E-state index is 12.2.